The Bertz CT molecular complexity index is 1340. The van der Waals surface area contributed by atoms with Crippen molar-refractivity contribution < 1.29 is 9.59 Å². The summed E-state index contributed by atoms with van der Waals surface area (Å²) in [5.41, 5.74) is 4.03. The number of anilines is 1. The number of aromatic nitrogens is 3. The molecule has 0 atom stereocenters. The third-order valence-electron chi connectivity index (χ3n) is 6.60. The molecule has 1 fully saturated rings. The van der Waals surface area contributed by atoms with Crippen LogP contribution in [-0.2, 0) is 11.3 Å². The first kappa shape index (κ1) is 23.5. The second-order valence-corrected chi connectivity index (χ2v) is 8.83. The van der Waals surface area contributed by atoms with Gasteiger partial charge in [0.1, 0.15) is 0 Å². The number of amides is 2. The van der Waals surface area contributed by atoms with Crippen molar-refractivity contribution in [1.82, 2.24) is 25.0 Å². The maximum atomic E-state index is 13.2. The van der Waals surface area contributed by atoms with Crippen molar-refractivity contribution in [2.24, 2.45) is 0 Å². The van der Waals surface area contributed by atoms with Gasteiger partial charge in [-0.15, -0.1) is 0 Å². The first-order valence-corrected chi connectivity index (χ1v) is 12.4. The van der Waals surface area contributed by atoms with Crippen LogP contribution in [0.25, 0.3) is 22.3 Å². The van der Waals surface area contributed by atoms with E-state index in [1.54, 1.807) is 16.9 Å². The summed E-state index contributed by atoms with van der Waals surface area (Å²) in [6.07, 6.45) is 1.96. The largest absolute Gasteiger partial charge is 0.368 e. The highest BCUT2D eigenvalue weighted by molar-refractivity contribution is 6.06. The zero-order chi connectivity index (χ0) is 24.9. The van der Waals surface area contributed by atoms with E-state index in [0.717, 1.165) is 24.3 Å². The summed E-state index contributed by atoms with van der Waals surface area (Å²) in [7, 11) is 0. The number of pyridine rings is 1. The topological polar surface area (TPSA) is 83.4 Å². The van der Waals surface area contributed by atoms with Crippen molar-refractivity contribution in [1.29, 1.82) is 0 Å². The second-order valence-electron chi connectivity index (χ2n) is 8.83. The number of para-hydroxylation sites is 1. The lowest BCUT2D eigenvalue weighted by molar-refractivity contribution is -0.131. The van der Waals surface area contributed by atoms with Crippen LogP contribution in [-0.4, -0.2) is 64.2 Å². The third kappa shape index (κ3) is 4.93. The third-order valence-corrected chi connectivity index (χ3v) is 6.60. The highest BCUT2D eigenvalue weighted by Gasteiger charge is 2.22. The molecule has 1 N–H and O–H groups in total. The highest BCUT2D eigenvalue weighted by atomic mass is 16.2. The molecule has 1 aliphatic rings. The van der Waals surface area contributed by atoms with E-state index in [1.165, 1.54) is 5.69 Å². The van der Waals surface area contributed by atoms with Crippen LogP contribution in [0, 0.1) is 0 Å². The van der Waals surface area contributed by atoms with Crippen LogP contribution in [0.2, 0.25) is 0 Å². The van der Waals surface area contributed by atoms with Crippen molar-refractivity contribution in [3.05, 3.63) is 78.5 Å². The van der Waals surface area contributed by atoms with E-state index in [1.807, 2.05) is 60.4 Å². The van der Waals surface area contributed by atoms with Crippen LogP contribution in [0.15, 0.2) is 72.9 Å². The van der Waals surface area contributed by atoms with E-state index < -0.39 is 0 Å². The number of aryl methyl sites for hydroxylation is 1. The number of carbonyl (C=O) groups is 2. The molecule has 2 amide bonds. The predicted octanol–water partition coefficient (Wildman–Crippen LogP) is 3.59. The summed E-state index contributed by atoms with van der Waals surface area (Å²) in [6.45, 7) is 5.91. The van der Waals surface area contributed by atoms with Gasteiger partial charge in [-0.2, -0.15) is 5.10 Å². The summed E-state index contributed by atoms with van der Waals surface area (Å²) >= 11 is 0. The fourth-order valence-corrected chi connectivity index (χ4v) is 4.61. The Morgan fingerprint density at radius 3 is 2.33 bits per heavy atom. The lowest BCUT2D eigenvalue weighted by Gasteiger charge is -2.36. The van der Waals surface area contributed by atoms with Gasteiger partial charge < -0.3 is 15.1 Å². The molecular weight excluding hydrogens is 452 g/mol. The van der Waals surface area contributed by atoms with Crippen molar-refractivity contribution >= 4 is 28.5 Å². The molecule has 36 heavy (non-hydrogen) atoms. The summed E-state index contributed by atoms with van der Waals surface area (Å²) < 4.78 is 1.79. The number of hydrogen-bond acceptors (Lipinski definition) is 5. The molecule has 5 rings (SSSR count). The standard InChI is InChI=1S/C28H30N6O2/c1-2-34-27-24(20-30-34)23(19-25(31-27)21-9-5-3-6-10-21)28(36)29-14-13-26(35)33-17-15-32(16-18-33)22-11-7-4-8-12-22/h3-12,19-20H,2,13-18H2,1H3,(H,29,36). The maximum absolute atomic E-state index is 13.2. The Morgan fingerprint density at radius 1 is 0.944 bits per heavy atom. The monoisotopic (exact) mass is 482 g/mol. The van der Waals surface area contributed by atoms with Gasteiger partial charge in [0, 0.05) is 56.9 Å². The fraction of sp³-hybridized carbons (Fsp3) is 0.286. The van der Waals surface area contributed by atoms with Crippen LogP contribution in [0.4, 0.5) is 5.69 Å². The van der Waals surface area contributed by atoms with Crippen molar-refractivity contribution in [2.75, 3.05) is 37.6 Å². The number of nitrogens with zero attached hydrogens (tertiary/aromatic N) is 5. The van der Waals surface area contributed by atoms with E-state index in [2.05, 4.69) is 27.4 Å². The molecular formula is C28H30N6O2. The van der Waals surface area contributed by atoms with Gasteiger partial charge >= 0.3 is 0 Å². The normalized spacial score (nSPS) is 13.7. The fourth-order valence-electron chi connectivity index (χ4n) is 4.61. The lowest BCUT2D eigenvalue weighted by atomic mass is 10.1. The number of benzene rings is 2. The quantitative estimate of drug-likeness (QED) is 0.435. The molecule has 184 valence electrons. The number of fused-ring (bicyclic) bond motifs is 1. The van der Waals surface area contributed by atoms with E-state index in [-0.39, 0.29) is 24.8 Å². The summed E-state index contributed by atoms with van der Waals surface area (Å²) in [5.74, 6) is -0.163. The van der Waals surface area contributed by atoms with Crippen molar-refractivity contribution in [3.63, 3.8) is 0 Å². The maximum Gasteiger partial charge on any atom is 0.252 e. The van der Waals surface area contributed by atoms with Gasteiger partial charge in [-0.1, -0.05) is 48.5 Å². The summed E-state index contributed by atoms with van der Waals surface area (Å²) in [5, 5.41) is 8.04. The van der Waals surface area contributed by atoms with Gasteiger partial charge in [-0.3, -0.25) is 9.59 Å². The lowest BCUT2D eigenvalue weighted by Crippen LogP contribution is -2.49. The molecule has 0 aliphatic carbocycles. The average molecular weight is 483 g/mol. The summed E-state index contributed by atoms with van der Waals surface area (Å²) in [4.78, 5) is 34.9. The van der Waals surface area contributed by atoms with Gasteiger partial charge in [0.15, 0.2) is 5.65 Å². The van der Waals surface area contributed by atoms with Crippen LogP contribution in [0.1, 0.15) is 23.7 Å². The molecule has 8 nitrogen and oxygen atoms in total. The molecule has 0 saturated carbocycles. The highest BCUT2D eigenvalue weighted by Crippen LogP contribution is 2.25. The Balaban J connectivity index is 1.22. The van der Waals surface area contributed by atoms with Gasteiger partial charge in [-0.05, 0) is 25.1 Å². The number of hydrogen-bond donors (Lipinski definition) is 1. The van der Waals surface area contributed by atoms with E-state index in [9.17, 15) is 9.59 Å². The zero-order valence-electron chi connectivity index (χ0n) is 20.4. The molecule has 1 saturated heterocycles. The molecule has 1 aliphatic heterocycles. The molecule has 0 bridgehead atoms. The van der Waals surface area contributed by atoms with Gasteiger partial charge in [0.05, 0.1) is 22.8 Å². The molecule has 0 radical (unpaired) electrons. The average Bonchev–Trinajstić information content (AvgIpc) is 3.36. The number of carbonyl (C=O) groups excluding carboxylic acids is 2. The number of rotatable bonds is 7. The minimum atomic E-state index is -0.225. The zero-order valence-corrected chi connectivity index (χ0v) is 20.4. The SMILES string of the molecule is CCn1ncc2c(C(=O)NCCC(=O)N3CCN(c4ccccc4)CC3)cc(-c3ccccc3)nc21. The minimum Gasteiger partial charge on any atom is -0.368 e. The Labute approximate surface area is 210 Å². The Morgan fingerprint density at radius 2 is 1.64 bits per heavy atom. The molecule has 4 aromatic rings. The van der Waals surface area contributed by atoms with Crippen LogP contribution >= 0.6 is 0 Å². The van der Waals surface area contributed by atoms with Crippen LogP contribution in [0.3, 0.4) is 0 Å². The van der Waals surface area contributed by atoms with Crippen molar-refractivity contribution in [3.8, 4) is 11.3 Å². The van der Waals surface area contributed by atoms with Crippen LogP contribution < -0.4 is 10.2 Å². The Kier molecular flexibility index (Phi) is 6.93. The Hall–Kier alpha value is -4.20. The first-order valence-electron chi connectivity index (χ1n) is 12.4. The van der Waals surface area contributed by atoms with Crippen LogP contribution in [0.5, 0.6) is 0 Å². The van der Waals surface area contributed by atoms with Gasteiger partial charge in [-0.25, -0.2) is 9.67 Å². The molecule has 3 heterocycles. The second kappa shape index (κ2) is 10.6. The first-order chi connectivity index (χ1) is 17.6. The van der Waals surface area contributed by atoms with E-state index in [0.29, 0.717) is 36.2 Å². The van der Waals surface area contributed by atoms with E-state index >= 15 is 0 Å². The molecule has 0 spiro atoms. The molecule has 2 aromatic heterocycles. The van der Waals surface area contributed by atoms with Crippen molar-refractivity contribution in [2.45, 2.75) is 19.9 Å². The number of nitrogens with one attached hydrogen (secondary N) is 1. The smallest absolute Gasteiger partial charge is 0.252 e. The predicted molar refractivity (Wildman–Crippen MR) is 141 cm³/mol. The summed E-state index contributed by atoms with van der Waals surface area (Å²) in [6, 6.07) is 21.8. The molecule has 2 aromatic carbocycles. The minimum absolute atomic E-state index is 0.0617. The molecule has 8 heteroatoms. The van der Waals surface area contributed by atoms with Gasteiger partial charge in [0.25, 0.3) is 5.91 Å². The van der Waals surface area contributed by atoms with E-state index in [4.69, 9.17) is 4.98 Å². The van der Waals surface area contributed by atoms with Gasteiger partial charge in [0.2, 0.25) is 5.91 Å². The number of piperazine rings is 1. The molecule has 0 unspecified atom stereocenters.